The fraction of sp³-hybridized carbons (Fsp3) is 0.333. The summed E-state index contributed by atoms with van der Waals surface area (Å²) in [5, 5.41) is 21.5. The maximum atomic E-state index is 12.6. The molecule has 1 aromatic carbocycles. The van der Waals surface area contributed by atoms with E-state index in [1.54, 1.807) is 24.7 Å². The molecule has 144 valence electrons. The van der Waals surface area contributed by atoms with Crippen LogP contribution in [0.15, 0.2) is 55.1 Å². The Bertz CT molecular complexity index is 922. The first-order valence-corrected chi connectivity index (χ1v) is 9.44. The van der Waals surface area contributed by atoms with Crippen LogP contribution in [0.25, 0.3) is 11.3 Å². The van der Waals surface area contributed by atoms with E-state index in [9.17, 15) is 9.90 Å². The van der Waals surface area contributed by atoms with Gasteiger partial charge in [-0.25, -0.2) is 4.98 Å². The van der Waals surface area contributed by atoms with Crippen molar-refractivity contribution in [3.63, 3.8) is 0 Å². The van der Waals surface area contributed by atoms with E-state index in [0.717, 1.165) is 29.9 Å². The van der Waals surface area contributed by atoms with Crippen molar-refractivity contribution in [3.8, 4) is 11.3 Å². The minimum Gasteiger partial charge on any atom is -0.391 e. The lowest BCUT2D eigenvalue weighted by molar-refractivity contribution is 0.0873. The monoisotopic (exact) mass is 377 g/mol. The Labute approximate surface area is 163 Å². The van der Waals surface area contributed by atoms with Crippen LogP contribution < -0.4 is 5.32 Å². The van der Waals surface area contributed by atoms with Crippen LogP contribution >= 0.6 is 0 Å². The van der Waals surface area contributed by atoms with Crippen molar-refractivity contribution in [2.45, 2.75) is 38.5 Å². The molecule has 0 radical (unpaired) electrons. The number of hydrogen-bond donors (Lipinski definition) is 2. The summed E-state index contributed by atoms with van der Waals surface area (Å²) in [5.41, 5.74) is 3.10. The lowest BCUT2D eigenvalue weighted by atomic mass is 10.1. The zero-order valence-electron chi connectivity index (χ0n) is 15.7. The van der Waals surface area contributed by atoms with Gasteiger partial charge < -0.3 is 15.0 Å². The number of amides is 1. The van der Waals surface area contributed by atoms with Gasteiger partial charge in [-0.3, -0.25) is 4.79 Å². The maximum absolute atomic E-state index is 12.6. The number of aliphatic hydroxyl groups is 1. The van der Waals surface area contributed by atoms with Gasteiger partial charge in [-0.15, -0.1) is 0 Å². The second kappa shape index (κ2) is 7.90. The molecule has 4 rings (SSSR count). The Morgan fingerprint density at radius 2 is 2.00 bits per heavy atom. The highest BCUT2D eigenvalue weighted by atomic mass is 16.3. The van der Waals surface area contributed by atoms with Crippen LogP contribution in [0.1, 0.15) is 28.9 Å². The smallest absolute Gasteiger partial charge is 0.251 e. The first-order valence-electron chi connectivity index (χ1n) is 9.44. The predicted molar refractivity (Wildman–Crippen MR) is 104 cm³/mol. The molecule has 7 nitrogen and oxygen atoms in total. The van der Waals surface area contributed by atoms with Crippen molar-refractivity contribution >= 4 is 5.91 Å². The highest BCUT2D eigenvalue weighted by molar-refractivity contribution is 5.94. The van der Waals surface area contributed by atoms with E-state index in [0.29, 0.717) is 17.9 Å². The number of aromatic nitrogens is 4. The molecule has 1 aliphatic carbocycles. The Kier molecular flexibility index (Phi) is 5.16. The molecule has 2 N–H and O–H groups in total. The average Bonchev–Trinajstić information content (AvgIpc) is 3.32. The number of imidazole rings is 1. The summed E-state index contributed by atoms with van der Waals surface area (Å²) in [6.45, 7) is 2.69. The molecule has 2 heterocycles. The van der Waals surface area contributed by atoms with Crippen LogP contribution in [-0.2, 0) is 6.54 Å². The normalized spacial score (nSPS) is 21.6. The number of hydrogen-bond acceptors (Lipinski definition) is 5. The molecular weight excluding hydrogens is 354 g/mol. The first-order chi connectivity index (χ1) is 13.6. The van der Waals surface area contributed by atoms with Gasteiger partial charge in [0.25, 0.3) is 5.91 Å². The third-order valence-corrected chi connectivity index (χ3v) is 5.21. The third-order valence-electron chi connectivity index (χ3n) is 5.21. The summed E-state index contributed by atoms with van der Waals surface area (Å²) in [6.07, 6.45) is 6.34. The summed E-state index contributed by atoms with van der Waals surface area (Å²) >= 11 is 0. The summed E-state index contributed by atoms with van der Waals surface area (Å²) in [6, 6.07) is 10.9. The fourth-order valence-electron chi connectivity index (χ4n) is 3.71. The summed E-state index contributed by atoms with van der Waals surface area (Å²) < 4.78 is 2.01. The molecular formula is C21H23N5O2. The van der Waals surface area contributed by atoms with E-state index >= 15 is 0 Å². The van der Waals surface area contributed by atoms with Crippen molar-refractivity contribution in [3.05, 3.63) is 66.4 Å². The molecule has 1 amide bonds. The molecule has 0 spiro atoms. The number of nitrogens with zero attached hydrogens (tertiary/aromatic N) is 4. The molecule has 1 saturated carbocycles. The van der Waals surface area contributed by atoms with Crippen molar-refractivity contribution in [1.29, 1.82) is 0 Å². The Morgan fingerprint density at radius 1 is 1.18 bits per heavy atom. The van der Waals surface area contributed by atoms with Crippen LogP contribution in [-0.4, -0.2) is 42.9 Å². The minimum absolute atomic E-state index is 0.172. The molecule has 2 aromatic heterocycles. The second-order valence-electron chi connectivity index (χ2n) is 7.38. The van der Waals surface area contributed by atoms with Crippen LogP contribution in [0.4, 0.5) is 0 Å². The van der Waals surface area contributed by atoms with E-state index in [2.05, 4.69) is 20.5 Å². The molecule has 1 aliphatic rings. The number of aryl methyl sites for hydroxylation is 1. The van der Waals surface area contributed by atoms with Crippen LogP contribution in [0.3, 0.4) is 0 Å². The maximum Gasteiger partial charge on any atom is 0.251 e. The largest absolute Gasteiger partial charge is 0.391 e. The summed E-state index contributed by atoms with van der Waals surface area (Å²) in [7, 11) is 0. The quantitative estimate of drug-likeness (QED) is 0.711. The highest BCUT2D eigenvalue weighted by Crippen LogP contribution is 2.28. The zero-order chi connectivity index (χ0) is 19.5. The second-order valence-corrected chi connectivity index (χ2v) is 7.38. The summed E-state index contributed by atoms with van der Waals surface area (Å²) in [4.78, 5) is 16.6. The Morgan fingerprint density at radius 3 is 2.68 bits per heavy atom. The number of carbonyl (C=O) groups is 1. The van der Waals surface area contributed by atoms with E-state index in [4.69, 9.17) is 0 Å². The molecule has 0 saturated heterocycles. The summed E-state index contributed by atoms with van der Waals surface area (Å²) in [5.74, 6) is 0.144. The molecule has 28 heavy (non-hydrogen) atoms. The van der Waals surface area contributed by atoms with Crippen LogP contribution in [0.2, 0.25) is 0 Å². The molecule has 3 atom stereocenters. The van der Waals surface area contributed by atoms with Gasteiger partial charge in [0.05, 0.1) is 29.9 Å². The highest BCUT2D eigenvalue weighted by Gasteiger charge is 2.34. The third kappa shape index (κ3) is 4.09. The van der Waals surface area contributed by atoms with Gasteiger partial charge in [0.15, 0.2) is 0 Å². The zero-order valence-corrected chi connectivity index (χ0v) is 15.7. The van der Waals surface area contributed by atoms with Crippen molar-refractivity contribution in [2.24, 2.45) is 5.92 Å². The number of carbonyl (C=O) groups excluding carboxylic acids is 1. The first kappa shape index (κ1) is 18.3. The SMILES string of the molecule is Cc1ccc(-c2ccc(C(=O)N[C@@H]3CC(Cn4ccnc4)C[C@H]3O)cc2)nn1. The van der Waals surface area contributed by atoms with Crippen molar-refractivity contribution in [2.75, 3.05) is 0 Å². The molecule has 0 bridgehead atoms. The Balaban J connectivity index is 1.37. The van der Waals surface area contributed by atoms with Gasteiger partial charge in [0, 0.05) is 30.1 Å². The van der Waals surface area contributed by atoms with Crippen LogP contribution in [0.5, 0.6) is 0 Å². The topological polar surface area (TPSA) is 92.9 Å². The number of aliphatic hydroxyl groups excluding tert-OH is 1. The van der Waals surface area contributed by atoms with E-state index in [1.165, 1.54) is 0 Å². The van der Waals surface area contributed by atoms with Gasteiger partial charge in [0.1, 0.15) is 0 Å². The van der Waals surface area contributed by atoms with E-state index < -0.39 is 6.10 Å². The molecule has 1 unspecified atom stereocenters. The average molecular weight is 377 g/mol. The number of rotatable bonds is 5. The molecule has 1 fully saturated rings. The minimum atomic E-state index is -0.528. The van der Waals surface area contributed by atoms with Gasteiger partial charge >= 0.3 is 0 Å². The lowest BCUT2D eigenvalue weighted by Gasteiger charge is -2.16. The number of benzene rings is 1. The van der Waals surface area contributed by atoms with E-state index in [1.807, 2.05) is 42.0 Å². The predicted octanol–water partition coefficient (Wildman–Crippen LogP) is 2.22. The molecule has 7 heteroatoms. The Hall–Kier alpha value is -3.06. The lowest BCUT2D eigenvalue weighted by Crippen LogP contribution is -2.39. The van der Waals surface area contributed by atoms with E-state index in [-0.39, 0.29) is 11.9 Å². The standard InChI is InChI=1S/C21H23N5O2/c1-14-2-7-18(25-24-14)16-3-5-17(6-4-16)21(28)23-19-10-15(11-20(19)27)12-26-9-8-22-13-26/h2-9,13,15,19-20,27H,10-12H2,1H3,(H,23,28)/t15?,19-,20-/m1/s1. The molecule has 0 aliphatic heterocycles. The van der Waals surface area contributed by atoms with Gasteiger partial charge in [-0.1, -0.05) is 12.1 Å². The van der Waals surface area contributed by atoms with Crippen molar-refractivity contribution in [1.82, 2.24) is 25.1 Å². The molecule has 3 aromatic rings. The fourth-order valence-corrected chi connectivity index (χ4v) is 3.71. The number of nitrogens with one attached hydrogen (secondary N) is 1. The van der Waals surface area contributed by atoms with Gasteiger partial charge in [-0.2, -0.15) is 10.2 Å². The van der Waals surface area contributed by atoms with Gasteiger partial charge in [0.2, 0.25) is 0 Å². The van der Waals surface area contributed by atoms with Crippen LogP contribution in [0, 0.1) is 12.8 Å². The van der Waals surface area contributed by atoms with Gasteiger partial charge in [-0.05, 0) is 49.9 Å². The van der Waals surface area contributed by atoms with Crippen molar-refractivity contribution < 1.29 is 9.90 Å².